The Kier molecular flexibility index (Phi) is 5.86. The van der Waals surface area contributed by atoms with Crippen LogP contribution in [0.3, 0.4) is 0 Å². The summed E-state index contributed by atoms with van der Waals surface area (Å²) in [5.74, 6) is -0.863. The lowest BCUT2D eigenvalue weighted by molar-refractivity contribution is -0.400. The standard InChI is InChI=1S/C16H12ClFN2O4/c17-12-9-11(7-8-20(22)23)5-6-15(12)24-10-16(21)19-14-4-2-1-3-13(14)18/h1-9H,10H2,(H,19,21). The van der Waals surface area contributed by atoms with Crippen LogP contribution in [0.5, 0.6) is 5.75 Å². The second-order valence-electron chi connectivity index (χ2n) is 4.61. The lowest BCUT2D eigenvalue weighted by Gasteiger charge is -2.09. The van der Waals surface area contributed by atoms with E-state index in [9.17, 15) is 19.3 Å². The molecule has 2 aromatic rings. The van der Waals surface area contributed by atoms with Gasteiger partial charge in [0.2, 0.25) is 6.20 Å². The van der Waals surface area contributed by atoms with Crippen molar-refractivity contribution in [1.29, 1.82) is 0 Å². The summed E-state index contributed by atoms with van der Waals surface area (Å²) in [4.78, 5) is 21.4. The Morgan fingerprint density at radius 2 is 2.08 bits per heavy atom. The van der Waals surface area contributed by atoms with Gasteiger partial charge < -0.3 is 10.1 Å². The summed E-state index contributed by atoms with van der Waals surface area (Å²) in [6.07, 6.45) is 2.06. The molecule has 24 heavy (non-hydrogen) atoms. The number of nitrogens with zero attached hydrogens (tertiary/aromatic N) is 1. The molecule has 0 aliphatic carbocycles. The molecule has 0 atom stereocenters. The fourth-order valence-corrected chi connectivity index (χ4v) is 2.02. The third kappa shape index (κ3) is 5.06. The molecule has 0 aromatic heterocycles. The lowest BCUT2D eigenvalue weighted by Crippen LogP contribution is -2.20. The fraction of sp³-hybridized carbons (Fsp3) is 0.0625. The summed E-state index contributed by atoms with van der Waals surface area (Å²) in [5.41, 5.74) is 0.567. The van der Waals surface area contributed by atoms with E-state index in [1.807, 2.05) is 0 Å². The van der Waals surface area contributed by atoms with Crippen LogP contribution in [0.1, 0.15) is 5.56 Å². The van der Waals surface area contributed by atoms with Crippen molar-refractivity contribution >= 4 is 29.3 Å². The number of hydrogen-bond acceptors (Lipinski definition) is 4. The van der Waals surface area contributed by atoms with Gasteiger partial charge >= 0.3 is 0 Å². The predicted octanol–water partition coefficient (Wildman–Crippen LogP) is 3.74. The van der Waals surface area contributed by atoms with E-state index < -0.39 is 16.6 Å². The van der Waals surface area contributed by atoms with E-state index in [2.05, 4.69) is 5.32 Å². The van der Waals surface area contributed by atoms with Crippen LogP contribution in [0.25, 0.3) is 6.08 Å². The zero-order chi connectivity index (χ0) is 17.5. The number of benzene rings is 2. The SMILES string of the molecule is O=C(COc1ccc(C=C[N+](=O)[O-])cc1Cl)Nc1ccccc1F. The van der Waals surface area contributed by atoms with Crippen LogP contribution >= 0.6 is 11.6 Å². The van der Waals surface area contributed by atoms with Gasteiger partial charge in [-0.15, -0.1) is 0 Å². The van der Waals surface area contributed by atoms with Gasteiger partial charge in [0, 0.05) is 6.08 Å². The molecule has 0 radical (unpaired) electrons. The van der Waals surface area contributed by atoms with Crippen LogP contribution in [-0.2, 0) is 4.79 Å². The molecule has 0 spiro atoms. The van der Waals surface area contributed by atoms with Gasteiger partial charge in [0.1, 0.15) is 11.6 Å². The second-order valence-corrected chi connectivity index (χ2v) is 5.01. The maximum Gasteiger partial charge on any atom is 0.262 e. The molecule has 1 N–H and O–H groups in total. The van der Waals surface area contributed by atoms with Gasteiger partial charge in [0.15, 0.2) is 6.61 Å². The van der Waals surface area contributed by atoms with Gasteiger partial charge in [-0.3, -0.25) is 14.9 Å². The molecule has 0 aliphatic rings. The molecular weight excluding hydrogens is 339 g/mol. The van der Waals surface area contributed by atoms with Crippen molar-refractivity contribution in [2.75, 3.05) is 11.9 Å². The Hall–Kier alpha value is -2.93. The highest BCUT2D eigenvalue weighted by Crippen LogP contribution is 2.26. The number of carbonyl (C=O) groups excluding carboxylic acids is 1. The summed E-state index contributed by atoms with van der Waals surface area (Å²) in [5, 5.41) is 12.8. The van der Waals surface area contributed by atoms with Crippen molar-refractivity contribution in [3.05, 3.63) is 75.2 Å². The van der Waals surface area contributed by atoms with Crippen molar-refractivity contribution in [2.24, 2.45) is 0 Å². The number of amides is 1. The first-order valence-electron chi connectivity index (χ1n) is 6.74. The van der Waals surface area contributed by atoms with Crippen molar-refractivity contribution < 1.29 is 18.8 Å². The van der Waals surface area contributed by atoms with Crippen LogP contribution < -0.4 is 10.1 Å². The maximum atomic E-state index is 13.4. The molecule has 2 rings (SSSR count). The molecule has 124 valence electrons. The highest BCUT2D eigenvalue weighted by Gasteiger charge is 2.09. The number of anilines is 1. The summed E-state index contributed by atoms with van der Waals surface area (Å²) in [7, 11) is 0. The molecule has 0 bridgehead atoms. The first-order chi connectivity index (χ1) is 11.5. The van der Waals surface area contributed by atoms with Crippen molar-refractivity contribution in [2.45, 2.75) is 0 Å². The highest BCUT2D eigenvalue weighted by molar-refractivity contribution is 6.32. The Labute approximate surface area is 141 Å². The molecule has 0 saturated heterocycles. The Morgan fingerprint density at radius 3 is 2.75 bits per heavy atom. The van der Waals surface area contributed by atoms with Crippen LogP contribution in [0.2, 0.25) is 5.02 Å². The topological polar surface area (TPSA) is 81.5 Å². The first kappa shape index (κ1) is 17.4. The minimum absolute atomic E-state index is 0.0532. The second kappa shape index (κ2) is 8.07. The molecule has 6 nitrogen and oxygen atoms in total. The van der Waals surface area contributed by atoms with Gasteiger partial charge in [-0.25, -0.2) is 4.39 Å². The Bertz CT molecular complexity index is 795. The number of rotatable bonds is 6. The van der Waals surface area contributed by atoms with Gasteiger partial charge in [-0.1, -0.05) is 29.8 Å². The Morgan fingerprint density at radius 1 is 1.33 bits per heavy atom. The normalized spacial score (nSPS) is 10.6. The first-order valence-corrected chi connectivity index (χ1v) is 7.12. The average Bonchev–Trinajstić information content (AvgIpc) is 2.54. The summed E-state index contributed by atoms with van der Waals surface area (Å²) < 4.78 is 18.7. The van der Waals surface area contributed by atoms with E-state index >= 15 is 0 Å². The van der Waals surface area contributed by atoms with E-state index in [-0.39, 0.29) is 23.1 Å². The van der Waals surface area contributed by atoms with Gasteiger partial charge in [-0.2, -0.15) is 0 Å². The quantitative estimate of drug-likeness (QED) is 0.635. The van der Waals surface area contributed by atoms with Crippen LogP contribution in [0.15, 0.2) is 48.7 Å². The van der Waals surface area contributed by atoms with Gasteiger partial charge in [0.05, 0.1) is 15.6 Å². The smallest absolute Gasteiger partial charge is 0.262 e. The molecular formula is C16H12ClFN2O4. The maximum absolute atomic E-state index is 13.4. The van der Waals surface area contributed by atoms with E-state index in [4.69, 9.17) is 16.3 Å². The molecule has 1 amide bonds. The van der Waals surface area contributed by atoms with Crippen LogP contribution in [0.4, 0.5) is 10.1 Å². The highest BCUT2D eigenvalue weighted by atomic mass is 35.5. The van der Waals surface area contributed by atoms with E-state index in [0.29, 0.717) is 5.56 Å². The molecule has 0 heterocycles. The van der Waals surface area contributed by atoms with Gasteiger partial charge in [0.25, 0.3) is 5.91 Å². The van der Waals surface area contributed by atoms with Crippen molar-refractivity contribution in [1.82, 2.24) is 0 Å². The van der Waals surface area contributed by atoms with E-state index in [0.717, 1.165) is 6.20 Å². The van der Waals surface area contributed by atoms with Crippen LogP contribution in [0, 0.1) is 15.9 Å². The molecule has 2 aromatic carbocycles. The molecule has 0 unspecified atom stereocenters. The van der Waals surface area contributed by atoms with E-state index in [1.54, 1.807) is 12.1 Å². The predicted molar refractivity (Wildman–Crippen MR) is 88.0 cm³/mol. The summed E-state index contributed by atoms with van der Waals surface area (Å²) in [6, 6.07) is 10.3. The summed E-state index contributed by atoms with van der Waals surface area (Å²) >= 11 is 5.99. The number of nitrogens with one attached hydrogen (secondary N) is 1. The van der Waals surface area contributed by atoms with Crippen LogP contribution in [-0.4, -0.2) is 17.4 Å². The Balaban J connectivity index is 1.95. The largest absolute Gasteiger partial charge is 0.482 e. The molecule has 0 fully saturated rings. The molecule has 8 heteroatoms. The third-order valence-electron chi connectivity index (χ3n) is 2.85. The molecule has 0 saturated carbocycles. The number of hydrogen-bond donors (Lipinski definition) is 1. The van der Waals surface area contributed by atoms with Crippen molar-refractivity contribution in [3.63, 3.8) is 0 Å². The number of nitro groups is 1. The monoisotopic (exact) mass is 350 g/mol. The average molecular weight is 351 g/mol. The van der Waals surface area contributed by atoms with Gasteiger partial charge in [-0.05, 0) is 29.8 Å². The van der Waals surface area contributed by atoms with E-state index in [1.165, 1.54) is 36.4 Å². The fourth-order valence-electron chi connectivity index (χ4n) is 1.78. The number of halogens is 2. The number of ether oxygens (including phenoxy) is 1. The molecule has 0 aliphatic heterocycles. The number of para-hydroxylation sites is 1. The zero-order valence-corrected chi connectivity index (χ0v) is 13.0. The minimum Gasteiger partial charge on any atom is -0.482 e. The zero-order valence-electron chi connectivity index (χ0n) is 12.2. The minimum atomic E-state index is -0.592. The summed E-state index contributed by atoms with van der Waals surface area (Å²) in [6.45, 7) is -0.363. The number of carbonyl (C=O) groups is 1. The third-order valence-corrected chi connectivity index (χ3v) is 3.15. The van der Waals surface area contributed by atoms with Crippen molar-refractivity contribution in [3.8, 4) is 5.75 Å². The lowest BCUT2D eigenvalue weighted by atomic mass is 10.2.